The summed E-state index contributed by atoms with van der Waals surface area (Å²) >= 11 is 10.2. The molecular weight excluding hydrogens is 319 g/mol. The van der Waals surface area contributed by atoms with Gasteiger partial charge < -0.3 is 0 Å². The Morgan fingerprint density at radius 2 is 1.88 bits per heavy atom. The first-order valence-corrected chi connectivity index (χ1v) is 5.35. The quantitative estimate of drug-likeness (QED) is 0.677. The lowest BCUT2D eigenvalue weighted by Crippen LogP contribution is -1.51. The number of halogens is 3. The van der Waals surface area contributed by atoms with Crippen molar-refractivity contribution in [1.82, 2.24) is 0 Å². The molecule has 4 heteroatoms. The van der Waals surface area contributed by atoms with Gasteiger partial charge >= 0.3 is 0 Å². The van der Waals surface area contributed by atoms with Crippen LogP contribution in [0.2, 0.25) is 0 Å². The first-order chi connectivity index (χ1) is 3.72. The van der Waals surface area contributed by atoms with Crippen LogP contribution in [0.4, 0.5) is 0 Å². The zero-order valence-corrected chi connectivity index (χ0v) is 9.47. The minimum absolute atomic E-state index is 0.784. The maximum atomic E-state index is 3.41. The van der Waals surface area contributed by atoms with Crippen LogP contribution >= 0.6 is 56.0 Å². The molecule has 8 heavy (non-hydrogen) atoms. The zero-order valence-electron chi connectivity index (χ0n) is 3.71. The van der Waals surface area contributed by atoms with E-state index < -0.39 is 0 Å². The molecule has 1 aromatic heterocycles. The molecule has 0 saturated carbocycles. The van der Waals surface area contributed by atoms with Gasteiger partial charge in [0.25, 0.3) is 0 Å². The molecule has 44 valence electrons. The molecule has 0 saturated heterocycles. The van der Waals surface area contributed by atoms with Crippen molar-refractivity contribution in [3.05, 3.63) is 18.9 Å². The van der Waals surface area contributed by atoms with Crippen LogP contribution in [0.25, 0.3) is 0 Å². The SMILES string of the molecule is Brc1c[pH]c(Br)c1Br. The molecule has 0 bridgehead atoms. The minimum atomic E-state index is 0.784. The fraction of sp³-hybridized carbons (Fsp3) is 0. The van der Waals surface area contributed by atoms with Crippen molar-refractivity contribution < 1.29 is 0 Å². The van der Waals surface area contributed by atoms with E-state index in [1.165, 1.54) is 4.20 Å². The predicted octanol–water partition coefficient (Wildman–Crippen LogP) is 4.01. The van der Waals surface area contributed by atoms with E-state index >= 15 is 0 Å². The van der Waals surface area contributed by atoms with Crippen LogP contribution in [0.3, 0.4) is 0 Å². The van der Waals surface area contributed by atoms with Crippen molar-refractivity contribution in [3.63, 3.8) is 0 Å². The van der Waals surface area contributed by atoms with Gasteiger partial charge in [0.15, 0.2) is 0 Å². The van der Waals surface area contributed by atoms with Crippen molar-refractivity contribution >= 4 is 56.0 Å². The van der Waals surface area contributed by atoms with Crippen LogP contribution in [-0.2, 0) is 0 Å². The van der Waals surface area contributed by atoms with Gasteiger partial charge in [-0.25, -0.2) is 0 Å². The summed E-state index contributed by atoms with van der Waals surface area (Å²) in [6.07, 6.45) is 0. The van der Waals surface area contributed by atoms with Crippen molar-refractivity contribution in [2.24, 2.45) is 0 Å². The molecule has 1 atom stereocenters. The van der Waals surface area contributed by atoms with Gasteiger partial charge in [0.2, 0.25) is 0 Å². The molecule has 0 aliphatic carbocycles. The molecule has 0 N–H and O–H groups in total. The lowest BCUT2D eigenvalue weighted by atomic mass is 10.7. The van der Waals surface area contributed by atoms with Gasteiger partial charge in [0.05, 0.1) is 0 Å². The van der Waals surface area contributed by atoms with E-state index in [9.17, 15) is 0 Å². The van der Waals surface area contributed by atoms with Crippen LogP contribution in [0.1, 0.15) is 0 Å². The lowest BCUT2D eigenvalue weighted by molar-refractivity contribution is 1.75. The Hall–Kier alpha value is 1.22. The topological polar surface area (TPSA) is 0 Å². The highest BCUT2D eigenvalue weighted by molar-refractivity contribution is 9.14. The molecule has 0 fully saturated rings. The number of hydrogen-bond donors (Lipinski definition) is 0. The van der Waals surface area contributed by atoms with Crippen LogP contribution in [0.15, 0.2) is 18.9 Å². The Bertz CT molecular complexity index is 174. The Morgan fingerprint density at radius 1 is 1.25 bits per heavy atom. The van der Waals surface area contributed by atoms with Gasteiger partial charge in [0.1, 0.15) is 0 Å². The Morgan fingerprint density at radius 3 is 2.00 bits per heavy atom. The van der Waals surface area contributed by atoms with E-state index in [1.807, 2.05) is 0 Å². The summed E-state index contributed by atoms with van der Waals surface area (Å²) in [7, 11) is 0.784. The van der Waals surface area contributed by atoms with E-state index in [4.69, 9.17) is 0 Å². The molecule has 1 rings (SSSR count). The third kappa shape index (κ3) is 1.38. The standard InChI is InChI=1S/C4H2Br3P/c5-2-1-8-4(7)3(2)6/h1,8H. The van der Waals surface area contributed by atoms with Crippen LogP contribution in [0.5, 0.6) is 0 Å². The third-order valence-corrected chi connectivity index (χ3v) is 6.05. The van der Waals surface area contributed by atoms with E-state index in [2.05, 4.69) is 53.6 Å². The molecule has 0 aliphatic rings. The summed E-state index contributed by atoms with van der Waals surface area (Å²) in [4.78, 5) is 0. The Kier molecular flexibility index (Phi) is 2.63. The van der Waals surface area contributed by atoms with Crippen molar-refractivity contribution in [3.8, 4) is 0 Å². The maximum Gasteiger partial charge on any atom is 0.0499 e. The highest BCUT2D eigenvalue weighted by Gasteiger charge is 1.99. The zero-order chi connectivity index (χ0) is 6.15. The van der Waals surface area contributed by atoms with E-state index in [0.29, 0.717) is 0 Å². The monoisotopic (exact) mass is 318 g/mol. The fourth-order valence-corrected chi connectivity index (χ4v) is 3.23. The largest absolute Gasteiger partial charge is 0.122 e. The number of hydrogen-bond acceptors (Lipinski definition) is 0. The highest BCUT2D eigenvalue weighted by Crippen LogP contribution is 2.39. The van der Waals surface area contributed by atoms with Gasteiger partial charge in [0, 0.05) is 13.1 Å². The Labute approximate surface area is 74.5 Å². The van der Waals surface area contributed by atoms with Crippen LogP contribution < -0.4 is 0 Å². The second kappa shape index (κ2) is 2.87. The summed E-state index contributed by atoms with van der Waals surface area (Å²) in [5.41, 5.74) is 0. The van der Waals surface area contributed by atoms with E-state index in [-0.39, 0.29) is 0 Å². The summed E-state index contributed by atoms with van der Waals surface area (Å²) in [6.45, 7) is 0. The second-order valence-corrected chi connectivity index (χ2v) is 5.51. The van der Waals surface area contributed by atoms with Gasteiger partial charge in [-0.1, -0.05) is 0 Å². The molecule has 1 heterocycles. The summed E-state index contributed by atoms with van der Waals surface area (Å²) in [6, 6.07) is 0. The van der Waals surface area contributed by atoms with Crippen molar-refractivity contribution in [1.29, 1.82) is 0 Å². The molecule has 1 aromatic rings. The van der Waals surface area contributed by atoms with Crippen molar-refractivity contribution in [2.75, 3.05) is 0 Å². The maximum absolute atomic E-state index is 3.41. The summed E-state index contributed by atoms with van der Waals surface area (Å²) in [5, 5.41) is 0. The Balaban J connectivity index is 3.19. The van der Waals surface area contributed by atoms with Gasteiger partial charge in [-0.05, 0) is 53.6 Å². The molecule has 0 spiro atoms. The lowest BCUT2D eigenvalue weighted by Gasteiger charge is -1.81. The smallest absolute Gasteiger partial charge is 0.0499 e. The molecule has 0 radical (unpaired) electrons. The summed E-state index contributed by atoms with van der Waals surface area (Å²) < 4.78 is 3.54. The second-order valence-electron chi connectivity index (χ2n) is 1.26. The first-order valence-electron chi connectivity index (χ1n) is 1.89. The third-order valence-electron chi connectivity index (χ3n) is 0.728. The molecule has 1 unspecified atom stereocenters. The van der Waals surface area contributed by atoms with Crippen molar-refractivity contribution in [2.45, 2.75) is 0 Å². The molecule has 0 aromatic carbocycles. The van der Waals surface area contributed by atoms with E-state index in [0.717, 1.165) is 17.1 Å². The van der Waals surface area contributed by atoms with Crippen LogP contribution in [-0.4, -0.2) is 0 Å². The molecule has 0 aliphatic heterocycles. The highest BCUT2D eigenvalue weighted by atomic mass is 79.9. The first kappa shape index (κ1) is 7.33. The average molecular weight is 321 g/mol. The predicted molar refractivity (Wildman–Crippen MR) is 49.0 cm³/mol. The molecular formula is C4H2Br3P. The van der Waals surface area contributed by atoms with Crippen LogP contribution in [0, 0.1) is 0 Å². The van der Waals surface area contributed by atoms with Gasteiger partial charge in [-0.15, -0.1) is 8.19 Å². The minimum Gasteiger partial charge on any atom is -0.122 e. The molecule has 0 nitrogen and oxygen atoms in total. The van der Waals surface area contributed by atoms with Gasteiger partial charge in [-0.2, -0.15) is 0 Å². The average Bonchev–Trinajstić information content (AvgIpc) is 1.98. The normalized spacial score (nSPS) is 10.9. The number of rotatable bonds is 0. The molecule has 0 amide bonds. The fourth-order valence-electron chi connectivity index (χ4n) is 0.358. The summed E-state index contributed by atoms with van der Waals surface area (Å²) in [5.74, 6) is 2.13. The van der Waals surface area contributed by atoms with Gasteiger partial charge in [-0.3, -0.25) is 0 Å². The van der Waals surface area contributed by atoms with E-state index in [1.54, 1.807) is 0 Å².